The second kappa shape index (κ2) is 4.19. The Kier molecular flexibility index (Phi) is 2.54. The van der Waals surface area contributed by atoms with Crippen LogP contribution < -0.4 is 0 Å². The molecule has 2 atom stereocenters. The number of pyridine rings is 1. The minimum absolute atomic E-state index is 0.399. The monoisotopic (exact) mass is 291 g/mol. The number of hydrogen-bond acceptors (Lipinski definition) is 4. The largest absolute Gasteiger partial charge is 0.465 e. The number of ether oxygens (including phenoxy) is 1. The van der Waals surface area contributed by atoms with E-state index < -0.39 is 5.97 Å². The first kappa shape index (κ1) is 12.1. The smallest absolute Gasteiger partial charge is 0.339 e. The molecule has 0 aromatic carbocycles. The molecule has 4 rings (SSSR count). The van der Waals surface area contributed by atoms with Crippen molar-refractivity contribution in [2.24, 2.45) is 11.8 Å². The molecule has 2 aliphatic carbocycles. The van der Waals surface area contributed by atoms with Gasteiger partial charge in [0, 0.05) is 12.1 Å². The van der Waals surface area contributed by atoms with E-state index in [0.717, 1.165) is 17.7 Å². The van der Waals surface area contributed by atoms with E-state index in [4.69, 9.17) is 16.3 Å². The Morgan fingerprint density at radius 2 is 2.15 bits per heavy atom. The Morgan fingerprint density at radius 1 is 1.40 bits per heavy atom. The van der Waals surface area contributed by atoms with Crippen LogP contribution in [-0.2, 0) is 4.74 Å². The van der Waals surface area contributed by atoms with Crippen LogP contribution in [0.1, 0.15) is 41.4 Å². The third kappa shape index (κ3) is 1.59. The highest BCUT2D eigenvalue weighted by Gasteiger charge is 2.55. The summed E-state index contributed by atoms with van der Waals surface area (Å²) in [6.07, 6.45) is 5.59. The van der Waals surface area contributed by atoms with Gasteiger partial charge in [-0.1, -0.05) is 18.0 Å². The SMILES string of the molecule is COC(=O)c1cc(Cl)c2nnc(C3C4CCCC43)n2c1. The zero-order valence-corrected chi connectivity index (χ0v) is 11.8. The molecule has 104 valence electrons. The first-order valence-corrected chi connectivity index (χ1v) is 7.21. The summed E-state index contributed by atoms with van der Waals surface area (Å²) < 4.78 is 6.61. The van der Waals surface area contributed by atoms with Crippen molar-refractivity contribution >= 4 is 23.2 Å². The van der Waals surface area contributed by atoms with Gasteiger partial charge in [0.05, 0.1) is 17.7 Å². The van der Waals surface area contributed by atoms with E-state index in [9.17, 15) is 4.79 Å². The molecule has 2 aromatic heterocycles. The Hall–Kier alpha value is -1.62. The molecule has 2 unspecified atom stereocenters. The lowest BCUT2D eigenvalue weighted by Gasteiger charge is -2.05. The van der Waals surface area contributed by atoms with Gasteiger partial charge in [0.15, 0.2) is 5.65 Å². The van der Waals surface area contributed by atoms with E-state index in [1.807, 2.05) is 4.40 Å². The van der Waals surface area contributed by atoms with E-state index in [-0.39, 0.29) is 0 Å². The van der Waals surface area contributed by atoms with Crippen LogP contribution in [0.25, 0.3) is 5.65 Å². The molecule has 2 heterocycles. The van der Waals surface area contributed by atoms with Crippen LogP contribution in [0.4, 0.5) is 0 Å². The number of fused-ring (bicyclic) bond motifs is 2. The molecule has 0 spiro atoms. The molecular formula is C14H14ClN3O2. The van der Waals surface area contributed by atoms with Crippen molar-refractivity contribution < 1.29 is 9.53 Å². The number of hydrogen-bond donors (Lipinski definition) is 0. The molecular weight excluding hydrogens is 278 g/mol. The molecule has 0 amide bonds. The van der Waals surface area contributed by atoms with Crippen LogP contribution in [-0.4, -0.2) is 27.7 Å². The Morgan fingerprint density at radius 3 is 2.85 bits per heavy atom. The molecule has 0 N–H and O–H groups in total. The fourth-order valence-electron chi connectivity index (χ4n) is 3.63. The van der Waals surface area contributed by atoms with E-state index in [0.29, 0.717) is 22.2 Å². The summed E-state index contributed by atoms with van der Waals surface area (Å²) in [5, 5.41) is 8.89. The van der Waals surface area contributed by atoms with Crippen molar-refractivity contribution in [2.45, 2.75) is 25.2 Å². The first-order chi connectivity index (χ1) is 9.70. The summed E-state index contributed by atoms with van der Waals surface area (Å²) in [6, 6.07) is 1.58. The van der Waals surface area contributed by atoms with Gasteiger partial charge in [0.25, 0.3) is 0 Å². The molecule has 5 nitrogen and oxygen atoms in total. The van der Waals surface area contributed by atoms with E-state index in [2.05, 4.69) is 10.2 Å². The van der Waals surface area contributed by atoms with Gasteiger partial charge < -0.3 is 4.74 Å². The maximum absolute atomic E-state index is 11.7. The molecule has 2 aromatic rings. The number of methoxy groups -OCH3 is 1. The van der Waals surface area contributed by atoms with Crippen LogP contribution in [0.2, 0.25) is 5.02 Å². The molecule has 0 bridgehead atoms. The summed E-state index contributed by atoms with van der Waals surface area (Å²) in [5.74, 6) is 2.49. The van der Waals surface area contributed by atoms with Gasteiger partial charge in [-0.15, -0.1) is 10.2 Å². The molecule has 2 saturated carbocycles. The van der Waals surface area contributed by atoms with E-state index in [1.165, 1.54) is 26.4 Å². The van der Waals surface area contributed by atoms with E-state index >= 15 is 0 Å². The predicted molar refractivity (Wildman–Crippen MR) is 72.9 cm³/mol. The highest BCUT2D eigenvalue weighted by atomic mass is 35.5. The van der Waals surface area contributed by atoms with Crippen molar-refractivity contribution in [2.75, 3.05) is 7.11 Å². The van der Waals surface area contributed by atoms with Crippen molar-refractivity contribution in [1.29, 1.82) is 0 Å². The fraction of sp³-hybridized carbons (Fsp3) is 0.500. The van der Waals surface area contributed by atoms with Crippen LogP contribution in [0.3, 0.4) is 0 Å². The van der Waals surface area contributed by atoms with Crippen molar-refractivity contribution in [3.63, 3.8) is 0 Å². The number of esters is 1. The average molecular weight is 292 g/mol. The predicted octanol–water partition coefficient (Wildman–Crippen LogP) is 2.68. The zero-order chi connectivity index (χ0) is 13.9. The van der Waals surface area contributed by atoms with Crippen molar-refractivity contribution in [3.8, 4) is 0 Å². The average Bonchev–Trinajstić information content (AvgIpc) is 2.86. The van der Waals surface area contributed by atoms with Gasteiger partial charge in [-0.25, -0.2) is 4.79 Å². The molecule has 2 fully saturated rings. The van der Waals surface area contributed by atoms with Crippen molar-refractivity contribution in [3.05, 3.63) is 28.7 Å². The van der Waals surface area contributed by atoms with Gasteiger partial charge in [0.1, 0.15) is 5.82 Å². The summed E-state index contributed by atoms with van der Waals surface area (Å²) in [7, 11) is 1.36. The highest BCUT2D eigenvalue weighted by Crippen LogP contribution is 2.62. The zero-order valence-electron chi connectivity index (χ0n) is 11.0. The van der Waals surface area contributed by atoms with Crippen LogP contribution in [0, 0.1) is 11.8 Å². The second-order valence-corrected chi connectivity index (χ2v) is 6.01. The normalized spacial score (nSPS) is 27.6. The topological polar surface area (TPSA) is 56.5 Å². The van der Waals surface area contributed by atoms with Crippen molar-refractivity contribution in [1.82, 2.24) is 14.6 Å². The maximum atomic E-state index is 11.7. The van der Waals surface area contributed by atoms with Crippen LogP contribution in [0.5, 0.6) is 0 Å². The number of halogens is 1. The quantitative estimate of drug-likeness (QED) is 0.798. The molecule has 2 aliphatic rings. The standard InChI is InChI=1S/C14H14ClN3O2/c1-20-14(19)7-5-10(15)12-16-17-13(18(12)6-7)11-8-3-2-4-9(8)11/h5-6,8-9,11H,2-4H2,1H3. The van der Waals surface area contributed by atoms with Gasteiger partial charge in [-0.2, -0.15) is 0 Å². The molecule has 0 radical (unpaired) electrons. The van der Waals surface area contributed by atoms with Crippen LogP contribution in [0.15, 0.2) is 12.3 Å². The van der Waals surface area contributed by atoms with Gasteiger partial charge in [-0.05, 0) is 30.7 Å². The minimum Gasteiger partial charge on any atom is -0.465 e. The maximum Gasteiger partial charge on any atom is 0.339 e. The fourth-order valence-corrected chi connectivity index (χ4v) is 3.88. The number of carbonyl (C=O) groups excluding carboxylic acids is 1. The third-order valence-corrected chi connectivity index (χ3v) is 4.89. The minimum atomic E-state index is -0.399. The molecule has 6 heteroatoms. The first-order valence-electron chi connectivity index (χ1n) is 6.83. The lowest BCUT2D eigenvalue weighted by Crippen LogP contribution is -2.05. The summed E-state index contributed by atoms with van der Waals surface area (Å²) in [6.45, 7) is 0. The Bertz CT molecular complexity index is 702. The summed E-state index contributed by atoms with van der Waals surface area (Å²) in [5.41, 5.74) is 1.04. The number of aromatic nitrogens is 3. The van der Waals surface area contributed by atoms with Crippen LogP contribution >= 0.6 is 11.6 Å². The van der Waals surface area contributed by atoms with Gasteiger partial charge >= 0.3 is 5.97 Å². The highest BCUT2D eigenvalue weighted by molar-refractivity contribution is 6.33. The second-order valence-electron chi connectivity index (χ2n) is 5.60. The lowest BCUT2D eigenvalue weighted by atomic mass is 10.1. The Balaban J connectivity index is 1.82. The summed E-state index contributed by atoms with van der Waals surface area (Å²) in [4.78, 5) is 11.7. The number of carbonyl (C=O) groups is 1. The summed E-state index contributed by atoms with van der Waals surface area (Å²) >= 11 is 6.19. The molecule has 0 aliphatic heterocycles. The molecule has 20 heavy (non-hydrogen) atoms. The van der Waals surface area contributed by atoms with Gasteiger partial charge in [0.2, 0.25) is 0 Å². The lowest BCUT2D eigenvalue weighted by molar-refractivity contribution is 0.0600. The number of nitrogens with zero attached hydrogens (tertiary/aromatic N) is 3. The molecule has 0 saturated heterocycles. The third-order valence-electron chi connectivity index (χ3n) is 4.61. The number of rotatable bonds is 2. The van der Waals surface area contributed by atoms with Gasteiger partial charge in [-0.3, -0.25) is 4.40 Å². The van der Waals surface area contributed by atoms with E-state index in [1.54, 1.807) is 12.3 Å². The Labute approximate surface area is 120 Å².